The van der Waals surface area contributed by atoms with Crippen LogP contribution in [0.2, 0.25) is 10.0 Å². The smallest absolute Gasteiger partial charge is 0.0459 e. The standard InChI is InChI=1S/C17H27Cl2N/c1-4-10-17(11-5-2,13-20-12-6-3)16-14(18)8-7-9-15(16)19/h7-9,20H,4-6,10-13H2,1-3H3. The normalized spacial score (nSPS) is 11.8. The van der Waals surface area contributed by atoms with Crippen molar-refractivity contribution >= 4 is 23.2 Å². The van der Waals surface area contributed by atoms with Gasteiger partial charge in [0.15, 0.2) is 0 Å². The van der Waals surface area contributed by atoms with Crippen LogP contribution in [0.15, 0.2) is 18.2 Å². The minimum Gasteiger partial charge on any atom is -0.316 e. The predicted octanol–water partition coefficient (Wildman–Crippen LogP) is 5.83. The van der Waals surface area contributed by atoms with E-state index in [0.717, 1.165) is 60.8 Å². The number of hydrogen-bond acceptors (Lipinski definition) is 1. The second-order valence-corrected chi connectivity index (χ2v) is 6.37. The van der Waals surface area contributed by atoms with E-state index in [0.29, 0.717) is 0 Å². The first kappa shape index (κ1) is 17.8. The van der Waals surface area contributed by atoms with Gasteiger partial charge in [-0.1, -0.05) is 62.9 Å². The molecule has 1 aromatic rings. The molecule has 0 unspecified atom stereocenters. The molecule has 1 N–H and O–H groups in total. The third-order valence-corrected chi connectivity index (χ3v) is 4.47. The largest absolute Gasteiger partial charge is 0.316 e. The highest BCUT2D eigenvalue weighted by Gasteiger charge is 2.33. The Labute approximate surface area is 134 Å². The lowest BCUT2D eigenvalue weighted by atomic mass is 9.73. The molecule has 114 valence electrons. The van der Waals surface area contributed by atoms with Gasteiger partial charge in [-0.05, 0) is 43.5 Å². The molecule has 0 aliphatic carbocycles. The number of benzene rings is 1. The quantitative estimate of drug-likeness (QED) is 0.565. The second kappa shape index (κ2) is 8.92. The molecular formula is C17H27Cl2N. The van der Waals surface area contributed by atoms with Gasteiger partial charge in [-0.25, -0.2) is 0 Å². The fraction of sp³-hybridized carbons (Fsp3) is 0.647. The predicted molar refractivity (Wildman–Crippen MR) is 91.1 cm³/mol. The van der Waals surface area contributed by atoms with Crippen molar-refractivity contribution in [2.45, 2.75) is 58.3 Å². The van der Waals surface area contributed by atoms with Crippen LogP contribution >= 0.6 is 23.2 Å². The molecule has 0 aromatic heterocycles. The van der Waals surface area contributed by atoms with Crippen LogP contribution in [-0.4, -0.2) is 13.1 Å². The van der Waals surface area contributed by atoms with Crippen molar-refractivity contribution in [3.63, 3.8) is 0 Å². The summed E-state index contributed by atoms with van der Waals surface area (Å²) in [6, 6.07) is 5.85. The molecule has 20 heavy (non-hydrogen) atoms. The zero-order valence-corrected chi connectivity index (χ0v) is 14.4. The van der Waals surface area contributed by atoms with Crippen LogP contribution in [-0.2, 0) is 5.41 Å². The molecule has 0 aliphatic rings. The van der Waals surface area contributed by atoms with Crippen molar-refractivity contribution in [2.24, 2.45) is 0 Å². The monoisotopic (exact) mass is 315 g/mol. The van der Waals surface area contributed by atoms with Gasteiger partial charge in [0.1, 0.15) is 0 Å². The zero-order valence-electron chi connectivity index (χ0n) is 12.9. The molecule has 0 saturated heterocycles. The summed E-state index contributed by atoms with van der Waals surface area (Å²) in [6.45, 7) is 8.64. The van der Waals surface area contributed by atoms with Gasteiger partial charge in [-0.2, -0.15) is 0 Å². The molecule has 0 saturated carbocycles. The average molecular weight is 316 g/mol. The highest BCUT2D eigenvalue weighted by atomic mass is 35.5. The van der Waals surface area contributed by atoms with Crippen LogP contribution in [0.1, 0.15) is 58.4 Å². The number of halogens is 2. The minimum atomic E-state index is 0.0497. The van der Waals surface area contributed by atoms with Gasteiger partial charge in [0.2, 0.25) is 0 Å². The summed E-state index contributed by atoms with van der Waals surface area (Å²) in [5.74, 6) is 0. The van der Waals surface area contributed by atoms with Crippen LogP contribution in [0, 0.1) is 0 Å². The van der Waals surface area contributed by atoms with Gasteiger partial charge >= 0.3 is 0 Å². The first-order valence-electron chi connectivity index (χ1n) is 7.76. The molecule has 0 bridgehead atoms. The summed E-state index contributed by atoms with van der Waals surface area (Å²) in [7, 11) is 0. The highest BCUT2D eigenvalue weighted by Crippen LogP contribution is 2.41. The van der Waals surface area contributed by atoms with E-state index >= 15 is 0 Å². The molecule has 0 atom stereocenters. The van der Waals surface area contributed by atoms with Crippen molar-refractivity contribution in [3.8, 4) is 0 Å². The molecule has 1 rings (SSSR count). The van der Waals surface area contributed by atoms with E-state index in [1.807, 2.05) is 18.2 Å². The van der Waals surface area contributed by atoms with E-state index in [1.54, 1.807) is 0 Å². The number of rotatable bonds is 9. The number of hydrogen-bond donors (Lipinski definition) is 1. The van der Waals surface area contributed by atoms with E-state index < -0.39 is 0 Å². The lowest BCUT2D eigenvalue weighted by Crippen LogP contribution is -2.39. The minimum absolute atomic E-state index is 0.0497. The van der Waals surface area contributed by atoms with Crippen LogP contribution < -0.4 is 5.32 Å². The van der Waals surface area contributed by atoms with Crippen molar-refractivity contribution in [1.82, 2.24) is 5.32 Å². The van der Waals surface area contributed by atoms with E-state index in [9.17, 15) is 0 Å². The van der Waals surface area contributed by atoms with Gasteiger partial charge in [0.25, 0.3) is 0 Å². The third-order valence-electron chi connectivity index (χ3n) is 3.84. The second-order valence-electron chi connectivity index (χ2n) is 5.55. The summed E-state index contributed by atoms with van der Waals surface area (Å²) in [5, 5.41) is 5.19. The maximum absolute atomic E-state index is 6.49. The zero-order chi connectivity index (χ0) is 15.0. The molecule has 0 aliphatic heterocycles. The lowest BCUT2D eigenvalue weighted by Gasteiger charge is -2.36. The average Bonchev–Trinajstić information content (AvgIpc) is 2.39. The Balaban J connectivity index is 3.18. The summed E-state index contributed by atoms with van der Waals surface area (Å²) in [6.07, 6.45) is 5.64. The summed E-state index contributed by atoms with van der Waals surface area (Å²) < 4.78 is 0. The first-order chi connectivity index (χ1) is 9.61. The van der Waals surface area contributed by atoms with Crippen LogP contribution in [0.3, 0.4) is 0 Å². The fourth-order valence-electron chi connectivity index (χ4n) is 3.11. The van der Waals surface area contributed by atoms with Gasteiger partial charge < -0.3 is 5.32 Å². The Morgan fingerprint density at radius 2 is 1.50 bits per heavy atom. The van der Waals surface area contributed by atoms with Crippen LogP contribution in [0.4, 0.5) is 0 Å². The SMILES string of the molecule is CCCNCC(CCC)(CCC)c1c(Cl)cccc1Cl. The first-order valence-corrected chi connectivity index (χ1v) is 8.52. The summed E-state index contributed by atoms with van der Waals surface area (Å²) >= 11 is 13.0. The molecule has 0 radical (unpaired) electrons. The molecule has 0 amide bonds. The van der Waals surface area contributed by atoms with Crippen molar-refractivity contribution in [1.29, 1.82) is 0 Å². The van der Waals surface area contributed by atoms with Gasteiger partial charge in [-0.3, -0.25) is 0 Å². The number of nitrogens with one attached hydrogen (secondary N) is 1. The van der Waals surface area contributed by atoms with E-state index in [1.165, 1.54) is 0 Å². The van der Waals surface area contributed by atoms with Gasteiger partial charge in [0, 0.05) is 22.0 Å². The molecule has 1 nitrogen and oxygen atoms in total. The fourth-order valence-corrected chi connectivity index (χ4v) is 3.90. The summed E-state index contributed by atoms with van der Waals surface area (Å²) in [4.78, 5) is 0. The van der Waals surface area contributed by atoms with E-state index in [2.05, 4.69) is 26.1 Å². The molecule has 0 fully saturated rings. The molecular weight excluding hydrogens is 289 g/mol. The Morgan fingerprint density at radius 3 is 1.95 bits per heavy atom. The van der Waals surface area contributed by atoms with Crippen LogP contribution in [0.25, 0.3) is 0 Å². The van der Waals surface area contributed by atoms with Crippen molar-refractivity contribution < 1.29 is 0 Å². The maximum atomic E-state index is 6.49. The Morgan fingerprint density at radius 1 is 0.950 bits per heavy atom. The van der Waals surface area contributed by atoms with E-state index in [-0.39, 0.29) is 5.41 Å². The lowest BCUT2D eigenvalue weighted by molar-refractivity contribution is 0.336. The maximum Gasteiger partial charge on any atom is 0.0459 e. The van der Waals surface area contributed by atoms with Crippen molar-refractivity contribution in [3.05, 3.63) is 33.8 Å². The molecule has 0 spiro atoms. The topological polar surface area (TPSA) is 12.0 Å². The van der Waals surface area contributed by atoms with Gasteiger partial charge in [0.05, 0.1) is 0 Å². The Bertz CT molecular complexity index is 378. The highest BCUT2D eigenvalue weighted by molar-refractivity contribution is 6.36. The Hall–Kier alpha value is -0.240. The van der Waals surface area contributed by atoms with Crippen LogP contribution in [0.5, 0.6) is 0 Å². The summed E-state index contributed by atoms with van der Waals surface area (Å²) in [5.41, 5.74) is 1.18. The Kier molecular flexibility index (Phi) is 7.94. The van der Waals surface area contributed by atoms with E-state index in [4.69, 9.17) is 23.2 Å². The van der Waals surface area contributed by atoms with Crippen molar-refractivity contribution in [2.75, 3.05) is 13.1 Å². The molecule has 3 heteroatoms. The molecule has 1 aromatic carbocycles. The van der Waals surface area contributed by atoms with Gasteiger partial charge in [-0.15, -0.1) is 0 Å². The third kappa shape index (κ3) is 4.38. The molecule has 0 heterocycles.